The molecule has 3 saturated carbocycles. The zero-order valence-corrected chi connectivity index (χ0v) is 10.9. The predicted molar refractivity (Wildman–Crippen MR) is 62.0 cm³/mol. The Kier molecular flexibility index (Phi) is 2.40. The first-order valence-corrected chi connectivity index (χ1v) is 6.63. The van der Waals surface area contributed by atoms with Crippen LogP contribution in [0.4, 0.5) is 0 Å². The van der Waals surface area contributed by atoms with Gasteiger partial charge in [0, 0.05) is 0 Å². The van der Waals surface area contributed by atoms with Gasteiger partial charge >= 0.3 is 4.36 Å². The second kappa shape index (κ2) is 3.01. The quantitative estimate of drug-likeness (QED) is 0.639. The number of hydrogen-bond acceptors (Lipinski definition) is 0. The number of fused-ring (bicyclic) bond motifs is 2. The summed E-state index contributed by atoms with van der Waals surface area (Å²) in [7, 11) is 0. The van der Waals surface area contributed by atoms with Gasteiger partial charge in [0.15, 0.2) is 0 Å². The third-order valence-corrected chi connectivity index (χ3v) is 5.70. The van der Waals surface area contributed by atoms with Crippen LogP contribution in [0.1, 0.15) is 33.1 Å². The Hall–Kier alpha value is 1.02. The normalized spacial score (nSPS) is 43.5. The van der Waals surface area contributed by atoms with Crippen LogP contribution in [0.25, 0.3) is 0 Å². The van der Waals surface area contributed by atoms with Crippen LogP contribution in [0.2, 0.25) is 5.82 Å². The average molecular weight is 294 g/mol. The van der Waals surface area contributed by atoms with Crippen LogP contribution in [0.3, 0.4) is 0 Å². The molecule has 3 aliphatic carbocycles. The van der Waals surface area contributed by atoms with Crippen molar-refractivity contribution in [1.82, 2.24) is 0 Å². The van der Waals surface area contributed by atoms with E-state index in [1.807, 2.05) is 0 Å². The van der Waals surface area contributed by atoms with E-state index in [0.29, 0.717) is 9.78 Å². The van der Waals surface area contributed by atoms with Crippen molar-refractivity contribution in [3.8, 4) is 0 Å². The van der Waals surface area contributed by atoms with Gasteiger partial charge in [-0.1, -0.05) is 26.7 Å². The fourth-order valence-corrected chi connectivity index (χ4v) is 3.82. The molecule has 3 heteroatoms. The molecular formula is C9H15BBr2. The van der Waals surface area contributed by atoms with Crippen molar-refractivity contribution >= 4 is 35.9 Å². The molecule has 2 atom stereocenters. The monoisotopic (exact) mass is 292 g/mol. The van der Waals surface area contributed by atoms with Gasteiger partial charge in [0.05, 0.1) is 0 Å². The molecule has 12 heavy (non-hydrogen) atoms. The Bertz CT molecular complexity index is 177. The number of rotatable bonds is 1. The fraction of sp³-hybridized carbons (Fsp3) is 1.00. The zero-order chi connectivity index (χ0) is 8.93. The molecule has 3 rings (SSSR count). The van der Waals surface area contributed by atoms with Crippen molar-refractivity contribution in [2.45, 2.75) is 38.9 Å². The van der Waals surface area contributed by atoms with E-state index in [1.54, 1.807) is 0 Å². The smallest absolute Gasteiger partial charge is 0.139 e. The Labute approximate surface area is 91.9 Å². The molecule has 2 bridgehead atoms. The molecule has 0 amide bonds. The average Bonchev–Trinajstić information content (AvgIpc) is 2.04. The first kappa shape index (κ1) is 9.58. The summed E-state index contributed by atoms with van der Waals surface area (Å²) in [5.41, 5.74) is 0.658. The molecule has 0 saturated heterocycles. The zero-order valence-electron chi connectivity index (χ0n) is 7.69. The standard InChI is InChI=1S/C9H15BBr2/c1-9(2)6-3-7(9)5-8(4-6)10(11)12/h6-8H,3-5H2,1-2H3. The molecule has 0 aromatic carbocycles. The van der Waals surface area contributed by atoms with Gasteiger partial charge in [0.2, 0.25) is 0 Å². The summed E-state index contributed by atoms with van der Waals surface area (Å²) >= 11 is 7.28. The van der Waals surface area contributed by atoms with Gasteiger partial charge in [-0.25, -0.2) is 0 Å². The van der Waals surface area contributed by atoms with Crippen molar-refractivity contribution in [2.75, 3.05) is 0 Å². The molecular weight excluding hydrogens is 279 g/mol. The van der Waals surface area contributed by atoms with E-state index in [9.17, 15) is 0 Å². The molecule has 0 nitrogen and oxygen atoms in total. The van der Waals surface area contributed by atoms with Crippen LogP contribution in [-0.4, -0.2) is 4.36 Å². The molecule has 3 fully saturated rings. The summed E-state index contributed by atoms with van der Waals surface area (Å²) < 4.78 is 0.548. The van der Waals surface area contributed by atoms with Crippen LogP contribution in [0.5, 0.6) is 0 Å². The van der Waals surface area contributed by atoms with Crippen molar-refractivity contribution in [3.05, 3.63) is 0 Å². The lowest BCUT2D eigenvalue weighted by molar-refractivity contribution is -0.0642. The minimum atomic E-state index is 0.548. The summed E-state index contributed by atoms with van der Waals surface area (Å²) in [5.74, 6) is 2.87. The molecule has 0 aliphatic heterocycles. The van der Waals surface area contributed by atoms with Crippen molar-refractivity contribution in [2.24, 2.45) is 17.3 Å². The third kappa shape index (κ3) is 1.32. The van der Waals surface area contributed by atoms with E-state index in [1.165, 1.54) is 19.3 Å². The van der Waals surface area contributed by atoms with Crippen molar-refractivity contribution in [3.63, 3.8) is 0 Å². The lowest BCUT2D eigenvalue weighted by Crippen LogP contribution is -2.50. The first-order chi connectivity index (χ1) is 5.51. The molecule has 2 unspecified atom stereocenters. The highest BCUT2D eigenvalue weighted by Crippen LogP contribution is 2.63. The Balaban J connectivity index is 2.01. The molecule has 0 aromatic rings. The maximum atomic E-state index is 3.64. The number of hydrogen-bond donors (Lipinski definition) is 0. The van der Waals surface area contributed by atoms with E-state index in [-0.39, 0.29) is 0 Å². The SMILES string of the molecule is CC1(C)C2CC(B(Br)Br)CC1C2. The molecule has 0 N–H and O–H groups in total. The number of halogens is 2. The van der Waals surface area contributed by atoms with Crippen molar-refractivity contribution < 1.29 is 0 Å². The van der Waals surface area contributed by atoms with E-state index in [4.69, 9.17) is 0 Å². The Morgan fingerprint density at radius 3 is 1.92 bits per heavy atom. The van der Waals surface area contributed by atoms with Gasteiger partial charge in [-0.3, -0.25) is 0 Å². The van der Waals surface area contributed by atoms with E-state index in [2.05, 4.69) is 45.4 Å². The summed E-state index contributed by atoms with van der Waals surface area (Å²) in [5, 5.41) is 0. The first-order valence-electron chi connectivity index (χ1n) is 4.80. The van der Waals surface area contributed by atoms with E-state index < -0.39 is 0 Å². The van der Waals surface area contributed by atoms with Gasteiger partial charge in [-0.05, 0) is 29.5 Å². The van der Waals surface area contributed by atoms with Gasteiger partial charge < -0.3 is 0 Å². The van der Waals surface area contributed by atoms with Gasteiger partial charge in [0.1, 0.15) is 0 Å². The largest absolute Gasteiger partial charge is 0.301 e. The van der Waals surface area contributed by atoms with Crippen LogP contribution in [0.15, 0.2) is 0 Å². The topological polar surface area (TPSA) is 0 Å². The lowest BCUT2D eigenvalue weighted by atomic mass is 9.44. The minimum absolute atomic E-state index is 0.548. The van der Waals surface area contributed by atoms with Crippen LogP contribution >= 0.6 is 31.5 Å². The highest BCUT2D eigenvalue weighted by molar-refractivity contribution is 9.49. The van der Waals surface area contributed by atoms with Gasteiger partial charge in [-0.15, -0.1) is 31.5 Å². The maximum Gasteiger partial charge on any atom is 0.301 e. The molecule has 0 spiro atoms. The van der Waals surface area contributed by atoms with E-state index >= 15 is 0 Å². The fourth-order valence-electron chi connectivity index (χ4n) is 2.96. The highest BCUT2D eigenvalue weighted by atomic mass is 79.9. The maximum absolute atomic E-state index is 3.64. The molecule has 0 aromatic heterocycles. The Morgan fingerprint density at radius 2 is 1.58 bits per heavy atom. The second-order valence-electron chi connectivity index (χ2n) is 5.02. The summed E-state index contributed by atoms with van der Waals surface area (Å²) in [6.07, 6.45) is 4.34. The summed E-state index contributed by atoms with van der Waals surface area (Å²) in [4.78, 5) is 0. The molecule has 0 heterocycles. The third-order valence-electron chi connectivity index (χ3n) is 4.20. The van der Waals surface area contributed by atoms with Gasteiger partial charge in [-0.2, -0.15) is 0 Å². The Morgan fingerprint density at radius 1 is 1.08 bits per heavy atom. The minimum Gasteiger partial charge on any atom is -0.139 e. The van der Waals surface area contributed by atoms with Crippen LogP contribution in [-0.2, 0) is 0 Å². The summed E-state index contributed by atoms with van der Waals surface area (Å²) in [6, 6.07) is 0. The van der Waals surface area contributed by atoms with Crippen LogP contribution < -0.4 is 0 Å². The molecule has 68 valence electrons. The predicted octanol–water partition coefficient (Wildman–Crippen LogP) is 4.09. The summed E-state index contributed by atoms with van der Waals surface area (Å²) in [6.45, 7) is 4.89. The lowest BCUT2D eigenvalue weighted by Gasteiger charge is -2.59. The highest BCUT2D eigenvalue weighted by Gasteiger charge is 2.53. The second-order valence-corrected chi connectivity index (χ2v) is 8.22. The molecule has 0 radical (unpaired) electrons. The van der Waals surface area contributed by atoms with Crippen molar-refractivity contribution in [1.29, 1.82) is 0 Å². The molecule has 3 aliphatic rings. The van der Waals surface area contributed by atoms with Crippen LogP contribution in [0, 0.1) is 17.3 Å². The van der Waals surface area contributed by atoms with E-state index in [0.717, 1.165) is 17.7 Å². The van der Waals surface area contributed by atoms with Gasteiger partial charge in [0.25, 0.3) is 0 Å².